The van der Waals surface area contributed by atoms with Gasteiger partial charge in [0.15, 0.2) is 0 Å². The van der Waals surface area contributed by atoms with Crippen molar-refractivity contribution in [1.29, 1.82) is 0 Å². The Balaban J connectivity index is 1.37. The van der Waals surface area contributed by atoms with E-state index in [2.05, 4.69) is 45.7 Å². The van der Waals surface area contributed by atoms with Gasteiger partial charge in [-0.05, 0) is 62.9 Å². The van der Waals surface area contributed by atoms with E-state index in [4.69, 9.17) is 11.6 Å². The predicted molar refractivity (Wildman–Crippen MR) is 121 cm³/mol. The van der Waals surface area contributed by atoms with E-state index in [-0.39, 0.29) is 5.82 Å². The maximum absolute atomic E-state index is 13.9. The van der Waals surface area contributed by atoms with Gasteiger partial charge in [-0.1, -0.05) is 23.7 Å². The number of aryl methyl sites for hydroxylation is 1. The zero-order valence-electron chi connectivity index (χ0n) is 17.8. The molecule has 4 nitrogen and oxygen atoms in total. The molecule has 2 aromatic carbocycles. The van der Waals surface area contributed by atoms with Gasteiger partial charge in [0, 0.05) is 48.2 Å². The van der Waals surface area contributed by atoms with Crippen molar-refractivity contribution in [2.45, 2.75) is 45.7 Å². The molecule has 1 unspecified atom stereocenters. The predicted octanol–water partition coefficient (Wildman–Crippen LogP) is 5.72. The Bertz CT molecular complexity index is 1030. The van der Waals surface area contributed by atoms with Crippen LogP contribution in [0.25, 0.3) is 11.0 Å². The molecule has 158 valence electrons. The molecule has 3 heterocycles. The second-order valence-electron chi connectivity index (χ2n) is 9.25. The Morgan fingerprint density at radius 1 is 1.17 bits per heavy atom. The molecule has 2 fully saturated rings. The highest BCUT2D eigenvalue weighted by Crippen LogP contribution is 2.56. The molecule has 2 saturated heterocycles. The number of aromatic nitrogens is 2. The first-order valence-corrected chi connectivity index (χ1v) is 11.2. The number of halogens is 2. The van der Waals surface area contributed by atoms with Crippen LogP contribution in [0.15, 0.2) is 36.4 Å². The minimum atomic E-state index is -0.202. The number of aromatic amines is 1. The van der Waals surface area contributed by atoms with Gasteiger partial charge in [0.1, 0.15) is 5.82 Å². The van der Waals surface area contributed by atoms with Gasteiger partial charge in [-0.2, -0.15) is 0 Å². The highest BCUT2D eigenvalue weighted by atomic mass is 35.5. The van der Waals surface area contributed by atoms with Crippen LogP contribution in [0.1, 0.15) is 43.9 Å². The van der Waals surface area contributed by atoms with E-state index in [0.29, 0.717) is 28.6 Å². The third kappa shape index (κ3) is 3.19. The Morgan fingerprint density at radius 2 is 1.87 bits per heavy atom. The average Bonchev–Trinajstić information content (AvgIpc) is 3.11. The topological polar surface area (TPSA) is 35.2 Å². The average molecular weight is 427 g/mol. The van der Waals surface area contributed by atoms with Crippen molar-refractivity contribution in [2.75, 3.05) is 24.5 Å². The van der Waals surface area contributed by atoms with Crippen molar-refractivity contribution < 1.29 is 4.39 Å². The maximum atomic E-state index is 13.9. The Hall–Kier alpha value is -2.11. The molecule has 6 heteroatoms. The quantitative estimate of drug-likeness (QED) is 0.582. The Kier molecular flexibility index (Phi) is 4.79. The number of benzene rings is 2. The minimum Gasteiger partial charge on any atom is -0.342 e. The fourth-order valence-electron chi connectivity index (χ4n) is 5.32. The van der Waals surface area contributed by atoms with E-state index in [1.54, 1.807) is 6.92 Å². The summed E-state index contributed by atoms with van der Waals surface area (Å²) >= 11 is 6.14. The van der Waals surface area contributed by atoms with Gasteiger partial charge in [-0.25, -0.2) is 9.37 Å². The van der Waals surface area contributed by atoms with E-state index >= 15 is 0 Å². The van der Waals surface area contributed by atoms with Crippen molar-refractivity contribution in [2.24, 2.45) is 5.41 Å². The summed E-state index contributed by atoms with van der Waals surface area (Å²) in [6, 6.07) is 12.7. The molecule has 1 spiro atoms. The molecule has 1 N–H and O–H groups in total. The molecule has 2 aliphatic rings. The van der Waals surface area contributed by atoms with Crippen LogP contribution < -0.4 is 4.90 Å². The molecule has 1 atom stereocenters. The lowest BCUT2D eigenvalue weighted by molar-refractivity contribution is -0.111. The second kappa shape index (κ2) is 7.24. The van der Waals surface area contributed by atoms with Crippen LogP contribution >= 0.6 is 11.6 Å². The monoisotopic (exact) mass is 426 g/mol. The number of nitrogens with zero attached hydrogens (tertiary/aromatic N) is 3. The molecule has 0 bridgehead atoms. The first kappa shape index (κ1) is 19.8. The van der Waals surface area contributed by atoms with Crippen LogP contribution in [0, 0.1) is 18.2 Å². The number of piperidine rings is 1. The number of fused-ring (bicyclic) bond motifs is 1. The summed E-state index contributed by atoms with van der Waals surface area (Å²) in [5, 5.41) is 0.787. The van der Waals surface area contributed by atoms with Crippen molar-refractivity contribution in [3.8, 4) is 0 Å². The number of rotatable bonds is 3. The summed E-state index contributed by atoms with van der Waals surface area (Å²) < 4.78 is 13.9. The summed E-state index contributed by atoms with van der Waals surface area (Å²) in [6.45, 7) is 9.39. The lowest BCUT2D eigenvalue weighted by atomic mass is 9.62. The van der Waals surface area contributed by atoms with Crippen LogP contribution in [-0.4, -0.2) is 40.5 Å². The summed E-state index contributed by atoms with van der Waals surface area (Å²) in [7, 11) is 0. The van der Waals surface area contributed by atoms with Gasteiger partial charge in [-0.15, -0.1) is 0 Å². The van der Waals surface area contributed by atoms with E-state index in [1.165, 1.54) is 11.6 Å². The molecule has 30 heavy (non-hydrogen) atoms. The molecule has 0 saturated carbocycles. The van der Waals surface area contributed by atoms with Crippen molar-refractivity contribution in [3.05, 3.63) is 58.4 Å². The second-order valence-corrected chi connectivity index (χ2v) is 9.68. The number of likely N-dealkylation sites (tertiary alicyclic amines) is 1. The van der Waals surface area contributed by atoms with Crippen LogP contribution in [0.3, 0.4) is 0 Å². The Labute approximate surface area is 182 Å². The van der Waals surface area contributed by atoms with E-state index in [9.17, 15) is 4.39 Å². The molecule has 2 aliphatic heterocycles. The highest BCUT2D eigenvalue weighted by molar-refractivity contribution is 6.30. The van der Waals surface area contributed by atoms with Gasteiger partial charge in [-0.3, -0.25) is 4.90 Å². The van der Waals surface area contributed by atoms with Crippen LogP contribution in [-0.2, 0) is 0 Å². The Morgan fingerprint density at radius 3 is 2.53 bits per heavy atom. The SMILES string of the molecule is Cc1cc2[nH]c(N3CCC4(CC3)CN(C(C)C)C4c3ccc(Cl)cc3)nc2cc1F. The van der Waals surface area contributed by atoms with Crippen molar-refractivity contribution in [1.82, 2.24) is 14.9 Å². The fourth-order valence-corrected chi connectivity index (χ4v) is 5.45. The van der Waals surface area contributed by atoms with E-state index in [0.717, 1.165) is 49.0 Å². The van der Waals surface area contributed by atoms with Crippen LogP contribution in [0.5, 0.6) is 0 Å². The normalized spacial score (nSPS) is 21.5. The van der Waals surface area contributed by atoms with Gasteiger partial charge in [0.25, 0.3) is 0 Å². The largest absolute Gasteiger partial charge is 0.342 e. The zero-order valence-corrected chi connectivity index (χ0v) is 18.5. The van der Waals surface area contributed by atoms with Gasteiger partial charge in [0.2, 0.25) is 5.95 Å². The molecule has 3 aromatic rings. The molecule has 0 radical (unpaired) electrons. The molecular weight excluding hydrogens is 399 g/mol. The number of H-pyrrole nitrogens is 1. The standard InChI is InChI=1S/C24H28ClFN4/c1-15(2)30-14-24(22(30)17-4-6-18(25)7-5-17)8-10-29(11-9-24)23-27-20-12-16(3)19(26)13-21(20)28-23/h4-7,12-13,15,22H,8-11,14H2,1-3H3,(H,27,28). The van der Waals surface area contributed by atoms with Crippen molar-refractivity contribution in [3.63, 3.8) is 0 Å². The summed E-state index contributed by atoms with van der Waals surface area (Å²) in [4.78, 5) is 13.0. The number of nitrogens with one attached hydrogen (secondary N) is 1. The number of hydrogen-bond donors (Lipinski definition) is 1. The zero-order chi connectivity index (χ0) is 21.0. The molecule has 0 amide bonds. The smallest absolute Gasteiger partial charge is 0.203 e. The molecule has 5 rings (SSSR count). The van der Waals surface area contributed by atoms with Crippen LogP contribution in [0.4, 0.5) is 10.3 Å². The number of anilines is 1. The molecular formula is C24H28ClFN4. The van der Waals surface area contributed by atoms with Gasteiger partial charge in [0.05, 0.1) is 11.0 Å². The lowest BCUT2D eigenvalue weighted by Gasteiger charge is -2.62. The van der Waals surface area contributed by atoms with E-state index < -0.39 is 0 Å². The van der Waals surface area contributed by atoms with Gasteiger partial charge < -0.3 is 9.88 Å². The number of hydrogen-bond acceptors (Lipinski definition) is 3. The fraction of sp³-hybridized carbons (Fsp3) is 0.458. The lowest BCUT2D eigenvalue weighted by Crippen LogP contribution is -2.63. The van der Waals surface area contributed by atoms with Crippen LogP contribution in [0.2, 0.25) is 5.02 Å². The minimum absolute atomic E-state index is 0.202. The summed E-state index contributed by atoms with van der Waals surface area (Å²) in [6.07, 6.45) is 2.24. The molecule has 1 aromatic heterocycles. The first-order valence-electron chi connectivity index (χ1n) is 10.8. The molecule has 0 aliphatic carbocycles. The summed E-state index contributed by atoms with van der Waals surface area (Å²) in [5.74, 6) is 0.653. The first-order chi connectivity index (χ1) is 14.4. The highest BCUT2D eigenvalue weighted by Gasteiger charge is 2.54. The summed E-state index contributed by atoms with van der Waals surface area (Å²) in [5.41, 5.74) is 3.90. The third-order valence-corrected chi connectivity index (χ3v) is 7.32. The maximum Gasteiger partial charge on any atom is 0.203 e. The van der Waals surface area contributed by atoms with Crippen molar-refractivity contribution >= 4 is 28.6 Å². The third-order valence-electron chi connectivity index (χ3n) is 7.07. The number of imidazole rings is 1. The van der Waals surface area contributed by atoms with E-state index in [1.807, 2.05) is 18.2 Å². The van der Waals surface area contributed by atoms with Gasteiger partial charge >= 0.3 is 0 Å².